The molecule has 0 radical (unpaired) electrons. The number of amides is 1. The molecule has 0 aliphatic rings. The number of hydrogen-bond donors (Lipinski definition) is 1. The van der Waals surface area contributed by atoms with E-state index in [1.54, 1.807) is 25.3 Å². The molecule has 134 valence electrons. The van der Waals surface area contributed by atoms with Crippen molar-refractivity contribution in [1.82, 2.24) is 0 Å². The first-order chi connectivity index (χ1) is 12.6. The van der Waals surface area contributed by atoms with Gasteiger partial charge in [-0.1, -0.05) is 23.7 Å². The Labute approximate surface area is 156 Å². The zero-order valence-electron chi connectivity index (χ0n) is 14.4. The topological polar surface area (TPSA) is 56.8 Å². The number of carbonyl (C=O) groups excluding carboxylic acids is 1. The van der Waals surface area contributed by atoms with E-state index in [-0.39, 0.29) is 12.5 Å². The van der Waals surface area contributed by atoms with Crippen molar-refractivity contribution in [2.45, 2.75) is 0 Å². The van der Waals surface area contributed by atoms with Crippen LogP contribution < -0.4 is 19.5 Å². The summed E-state index contributed by atoms with van der Waals surface area (Å²) >= 11 is 5.96. The van der Waals surface area contributed by atoms with E-state index in [4.69, 9.17) is 25.8 Å². The number of benzene rings is 3. The number of rotatable bonds is 6. The third-order valence-corrected chi connectivity index (χ3v) is 4.06. The number of nitrogens with one attached hydrogen (secondary N) is 1. The summed E-state index contributed by atoms with van der Waals surface area (Å²) in [6.07, 6.45) is 0. The van der Waals surface area contributed by atoms with Crippen LogP contribution >= 0.6 is 11.6 Å². The molecule has 0 aliphatic heterocycles. The average Bonchev–Trinajstić information content (AvgIpc) is 2.66. The zero-order chi connectivity index (χ0) is 18.5. The van der Waals surface area contributed by atoms with Crippen LogP contribution in [0.2, 0.25) is 5.02 Å². The molecule has 0 aliphatic carbocycles. The molecule has 0 saturated heterocycles. The lowest BCUT2D eigenvalue weighted by atomic mass is 10.1. The smallest absolute Gasteiger partial charge is 0.262 e. The van der Waals surface area contributed by atoms with Gasteiger partial charge in [-0.2, -0.15) is 0 Å². The first kappa shape index (κ1) is 17.9. The van der Waals surface area contributed by atoms with Crippen LogP contribution in [0.4, 0.5) is 5.69 Å². The van der Waals surface area contributed by atoms with E-state index >= 15 is 0 Å². The molecule has 6 heteroatoms. The van der Waals surface area contributed by atoms with Crippen LogP contribution in [0.5, 0.6) is 17.2 Å². The molecular weight excluding hydrogens is 354 g/mol. The highest BCUT2D eigenvalue weighted by Crippen LogP contribution is 2.28. The third kappa shape index (κ3) is 4.18. The number of fused-ring (bicyclic) bond motifs is 1. The summed E-state index contributed by atoms with van der Waals surface area (Å²) in [6.45, 7) is -0.134. The fourth-order valence-corrected chi connectivity index (χ4v) is 2.70. The molecule has 1 N–H and O–H groups in total. The molecule has 0 atom stereocenters. The van der Waals surface area contributed by atoms with Gasteiger partial charge >= 0.3 is 0 Å². The van der Waals surface area contributed by atoms with Gasteiger partial charge in [0.15, 0.2) is 6.61 Å². The number of anilines is 1. The molecule has 5 nitrogen and oxygen atoms in total. The van der Waals surface area contributed by atoms with Gasteiger partial charge in [0.1, 0.15) is 17.2 Å². The van der Waals surface area contributed by atoms with E-state index in [1.165, 1.54) is 7.11 Å². The van der Waals surface area contributed by atoms with Gasteiger partial charge in [0.25, 0.3) is 5.91 Å². The number of ether oxygens (including phenoxy) is 3. The van der Waals surface area contributed by atoms with Crippen molar-refractivity contribution in [2.24, 2.45) is 0 Å². The molecule has 3 aromatic rings. The number of halogens is 1. The Bertz CT molecular complexity index is 942. The van der Waals surface area contributed by atoms with Crippen LogP contribution in [0.15, 0.2) is 54.6 Å². The fourth-order valence-electron chi connectivity index (χ4n) is 2.53. The minimum absolute atomic E-state index is 0.134. The Balaban J connectivity index is 1.67. The predicted octanol–water partition coefficient (Wildman–Crippen LogP) is 4.53. The molecule has 0 unspecified atom stereocenters. The first-order valence-corrected chi connectivity index (χ1v) is 8.31. The molecular formula is C20H18ClNO4. The SMILES string of the molecule is COc1ccc2ccc(OCC(=O)Nc3cc(Cl)ccc3OC)cc2c1. The molecule has 0 saturated carbocycles. The maximum Gasteiger partial charge on any atom is 0.262 e. The van der Waals surface area contributed by atoms with E-state index in [0.717, 1.165) is 16.5 Å². The number of hydrogen-bond acceptors (Lipinski definition) is 4. The van der Waals surface area contributed by atoms with Gasteiger partial charge in [0.05, 0.1) is 19.9 Å². The summed E-state index contributed by atoms with van der Waals surface area (Å²) in [6, 6.07) is 16.4. The van der Waals surface area contributed by atoms with Crippen LogP contribution in [0.3, 0.4) is 0 Å². The van der Waals surface area contributed by atoms with E-state index in [0.29, 0.717) is 22.2 Å². The average molecular weight is 372 g/mol. The zero-order valence-corrected chi connectivity index (χ0v) is 15.2. The van der Waals surface area contributed by atoms with Gasteiger partial charge in [-0.3, -0.25) is 4.79 Å². The second-order valence-electron chi connectivity index (χ2n) is 5.56. The van der Waals surface area contributed by atoms with Crippen LogP contribution in [-0.4, -0.2) is 26.7 Å². The summed E-state index contributed by atoms with van der Waals surface area (Å²) in [4.78, 5) is 12.2. The molecule has 0 spiro atoms. The van der Waals surface area contributed by atoms with Crippen molar-refractivity contribution >= 4 is 34.0 Å². The summed E-state index contributed by atoms with van der Waals surface area (Å²) < 4.78 is 16.0. The van der Waals surface area contributed by atoms with Crippen LogP contribution in [0, 0.1) is 0 Å². The third-order valence-electron chi connectivity index (χ3n) is 3.82. The maximum absolute atomic E-state index is 12.2. The Kier molecular flexibility index (Phi) is 5.49. The van der Waals surface area contributed by atoms with Crippen molar-refractivity contribution in [2.75, 3.05) is 26.1 Å². The fraction of sp³-hybridized carbons (Fsp3) is 0.150. The Morgan fingerprint density at radius 2 is 1.65 bits per heavy atom. The predicted molar refractivity (Wildman–Crippen MR) is 103 cm³/mol. The molecule has 0 bridgehead atoms. The molecule has 26 heavy (non-hydrogen) atoms. The normalized spacial score (nSPS) is 10.4. The van der Waals surface area contributed by atoms with Crippen LogP contribution in [-0.2, 0) is 4.79 Å². The van der Waals surface area contributed by atoms with Crippen LogP contribution in [0.25, 0.3) is 10.8 Å². The Morgan fingerprint density at radius 3 is 2.38 bits per heavy atom. The molecule has 0 aromatic heterocycles. The lowest BCUT2D eigenvalue weighted by Gasteiger charge is -2.11. The quantitative estimate of drug-likeness (QED) is 0.691. The van der Waals surface area contributed by atoms with E-state index in [9.17, 15) is 4.79 Å². The van der Waals surface area contributed by atoms with Crippen molar-refractivity contribution < 1.29 is 19.0 Å². The first-order valence-electron chi connectivity index (χ1n) is 7.93. The Hall–Kier alpha value is -2.92. The van der Waals surface area contributed by atoms with Gasteiger partial charge in [-0.05, 0) is 53.2 Å². The highest BCUT2D eigenvalue weighted by Gasteiger charge is 2.09. The van der Waals surface area contributed by atoms with Gasteiger partial charge in [-0.25, -0.2) is 0 Å². The van der Waals surface area contributed by atoms with Gasteiger partial charge < -0.3 is 19.5 Å². The number of methoxy groups -OCH3 is 2. The summed E-state index contributed by atoms with van der Waals surface area (Å²) in [5, 5.41) is 5.27. The highest BCUT2D eigenvalue weighted by molar-refractivity contribution is 6.31. The molecule has 0 fully saturated rings. The second kappa shape index (κ2) is 7.97. The van der Waals surface area contributed by atoms with Crippen molar-refractivity contribution in [1.29, 1.82) is 0 Å². The number of carbonyl (C=O) groups is 1. The molecule has 1 amide bonds. The summed E-state index contributed by atoms with van der Waals surface area (Å²) in [5.74, 6) is 1.58. The lowest BCUT2D eigenvalue weighted by Crippen LogP contribution is -2.20. The standard InChI is InChI=1S/C20H18ClNO4/c1-24-16-6-3-13-4-7-17(10-14(13)9-16)26-12-20(23)22-18-11-15(21)5-8-19(18)25-2/h3-11H,12H2,1-2H3,(H,22,23). The minimum atomic E-state index is -0.309. The molecule has 3 rings (SSSR count). The molecule has 0 heterocycles. The van der Waals surface area contributed by atoms with Crippen LogP contribution in [0.1, 0.15) is 0 Å². The minimum Gasteiger partial charge on any atom is -0.497 e. The van der Waals surface area contributed by atoms with E-state index < -0.39 is 0 Å². The Morgan fingerprint density at radius 1 is 0.923 bits per heavy atom. The van der Waals surface area contributed by atoms with E-state index in [1.807, 2.05) is 36.4 Å². The molecule has 3 aromatic carbocycles. The largest absolute Gasteiger partial charge is 0.497 e. The van der Waals surface area contributed by atoms with Crippen molar-refractivity contribution in [3.05, 3.63) is 59.6 Å². The van der Waals surface area contributed by atoms with Crippen molar-refractivity contribution in [3.8, 4) is 17.2 Å². The van der Waals surface area contributed by atoms with E-state index in [2.05, 4.69) is 5.32 Å². The summed E-state index contributed by atoms with van der Waals surface area (Å²) in [5.41, 5.74) is 0.497. The second-order valence-corrected chi connectivity index (χ2v) is 5.99. The lowest BCUT2D eigenvalue weighted by molar-refractivity contribution is -0.118. The van der Waals surface area contributed by atoms with Gasteiger partial charge in [-0.15, -0.1) is 0 Å². The van der Waals surface area contributed by atoms with Gasteiger partial charge in [0.2, 0.25) is 0 Å². The highest BCUT2D eigenvalue weighted by atomic mass is 35.5. The van der Waals surface area contributed by atoms with Crippen molar-refractivity contribution in [3.63, 3.8) is 0 Å². The van der Waals surface area contributed by atoms with Gasteiger partial charge in [0, 0.05) is 5.02 Å². The maximum atomic E-state index is 12.2. The summed E-state index contributed by atoms with van der Waals surface area (Å²) in [7, 11) is 3.15. The monoisotopic (exact) mass is 371 g/mol.